The fourth-order valence-electron chi connectivity index (χ4n) is 1.33. The molecule has 1 aromatic rings. The third kappa shape index (κ3) is 4.02. The maximum absolute atomic E-state index is 11.4. The molecule has 7 nitrogen and oxygen atoms in total. The van der Waals surface area contributed by atoms with Gasteiger partial charge < -0.3 is 15.2 Å². The number of nitro groups is 1. The number of benzene rings is 1. The van der Waals surface area contributed by atoms with Crippen molar-refractivity contribution >= 4 is 17.3 Å². The predicted molar refractivity (Wildman–Crippen MR) is 64.5 cm³/mol. The molecular formula is C11H14N2O5. The van der Waals surface area contributed by atoms with E-state index in [2.05, 4.69) is 5.32 Å². The zero-order chi connectivity index (χ0) is 13.5. The van der Waals surface area contributed by atoms with Crippen LogP contribution >= 0.6 is 0 Å². The average Bonchev–Trinajstić information content (AvgIpc) is 2.32. The number of non-ortho nitro benzene ring substituents is 1. The third-order valence-electron chi connectivity index (χ3n) is 2.22. The van der Waals surface area contributed by atoms with Crippen LogP contribution in [0.1, 0.15) is 12.8 Å². The van der Waals surface area contributed by atoms with E-state index in [4.69, 9.17) is 4.74 Å². The molecule has 0 bridgehead atoms. The highest BCUT2D eigenvalue weighted by Gasteiger charge is 2.11. The standard InChI is InChI=1S/C11H14N2O5/c1-18-6-2-3-11(15)12-9-5-4-8(13(16)17)7-10(9)14/h4-5,7,14H,2-3,6H2,1H3,(H,12,15). The second kappa shape index (κ2) is 6.55. The highest BCUT2D eigenvalue weighted by Crippen LogP contribution is 2.27. The van der Waals surface area contributed by atoms with Crippen molar-refractivity contribution in [2.45, 2.75) is 12.8 Å². The number of amides is 1. The lowest BCUT2D eigenvalue weighted by molar-refractivity contribution is -0.384. The molecule has 1 rings (SSSR count). The van der Waals surface area contributed by atoms with Crippen LogP contribution in [0.4, 0.5) is 11.4 Å². The van der Waals surface area contributed by atoms with Crippen LogP contribution in [0, 0.1) is 10.1 Å². The minimum atomic E-state index is -0.621. The predicted octanol–water partition coefficient (Wildman–Crippen LogP) is 1.67. The number of methoxy groups -OCH3 is 1. The molecule has 18 heavy (non-hydrogen) atoms. The van der Waals surface area contributed by atoms with Gasteiger partial charge in [-0.05, 0) is 12.5 Å². The first kappa shape index (κ1) is 13.9. The minimum Gasteiger partial charge on any atom is -0.506 e. The van der Waals surface area contributed by atoms with Crippen molar-refractivity contribution in [3.8, 4) is 5.75 Å². The fourth-order valence-corrected chi connectivity index (χ4v) is 1.33. The van der Waals surface area contributed by atoms with E-state index in [0.717, 1.165) is 6.07 Å². The average molecular weight is 254 g/mol. The fraction of sp³-hybridized carbons (Fsp3) is 0.364. The maximum Gasteiger partial charge on any atom is 0.273 e. The highest BCUT2D eigenvalue weighted by molar-refractivity contribution is 5.92. The summed E-state index contributed by atoms with van der Waals surface area (Å²) in [7, 11) is 1.54. The summed E-state index contributed by atoms with van der Waals surface area (Å²) in [4.78, 5) is 21.3. The Hall–Kier alpha value is -2.15. The molecular weight excluding hydrogens is 240 g/mol. The van der Waals surface area contributed by atoms with Crippen LogP contribution in [0.2, 0.25) is 0 Å². The molecule has 1 amide bonds. The van der Waals surface area contributed by atoms with Crippen LogP contribution in [0.5, 0.6) is 5.75 Å². The molecule has 0 aromatic heterocycles. The van der Waals surface area contributed by atoms with Crippen molar-refractivity contribution in [1.29, 1.82) is 0 Å². The Bertz CT molecular complexity index is 447. The second-order valence-corrected chi connectivity index (χ2v) is 3.60. The smallest absolute Gasteiger partial charge is 0.273 e. The van der Waals surface area contributed by atoms with Gasteiger partial charge in [0.1, 0.15) is 5.75 Å². The van der Waals surface area contributed by atoms with E-state index in [1.54, 1.807) is 7.11 Å². The summed E-state index contributed by atoms with van der Waals surface area (Å²) in [5.74, 6) is -0.611. The molecule has 0 heterocycles. The quantitative estimate of drug-likeness (QED) is 0.348. The van der Waals surface area contributed by atoms with Gasteiger partial charge in [0.05, 0.1) is 16.7 Å². The van der Waals surface area contributed by atoms with Gasteiger partial charge in [-0.15, -0.1) is 0 Å². The number of hydrogen-bond acceptors (Lipinski definition) is 5. The Labute approximate surface area is 104 Å². The SMILES string of the molecule is COCCCC(=O)Nc1ccc([N+](=O)[O-])cc1O. The van der Waals surface area contributed by atoms with E-state index in [1.165, 1.54) is 12.1 Å². The summed E-state index contributed by atoms with van der Waals surface area (Å²) >= 11 is 0. The Morgan fingerprint density at radius 1 is 1.56 bits per heavy atom. The van der Waals surface area contributed by atoms with Crippen LogP contribution in [-0.2, 0) is 9.53 Å². The van der Waals surface area contributed by atoms with Crippen molar-refractivity contribution in [3.63, 3.8) is 0 Å². The molecule has 0 atom stereocenters. The van der Waals surface area contributed by atoms with Gasteiger partial charge in [-0.2, -0.15) is 0 Å². The molecule has 0 radical (unpaired) electrons. The molecule has 98 valence electrons. The molecule has 2 N–H and O–H groups in total. The second-order valence-electron chi connectivity index (χ2n) is 3.60. The van der Waals surface area contributed by atoms with Crippen molar-refractivity contribution in [2.24, 2.45) is 0 Å². The van der Waals surface area contributed by atoms with Gasteiger partial charge in [-0.25, -0.2) is 0 Å². The summed E-state index contributed by atoms with van der Waals surface area (Å²) in [5, 5.41) is 22.4. The van der Waals surface area contributed by atoms with Crippen LogP contribution in [0.3, 0.4) is 0 Å². The lowest BCUT2D eigenvalue weighted by Gasteiger charge is -2.06. The Kier molecular flexibility index (Phi) is 5.06. The van der Waals surface area contributed by atoms with Crippen molar-refractivity contribution in [2.75, 3.05) is 19.0 Å². The number of carbonyl (C=O) groups is 1. The van der Waals surface area contributed by atoms with E-state index < -0.39 is 4.92 Å². The molecule has 0 spiro atoms. The maximum atomic E-state index is 11.4. The van der Waals surface area contributed by atoms with Gasteiger partial charge in [-0.3, -0.25) is 14.9 Å². The molecule has 0 unspecified atom stereocenters. The van der Waals surface area contributed by atoms with Gasteiger partial charge in [0.25, 0.3) is 5.69 Å². The zero-order valence-corrected chi connectivity index (χ0v) is 9.88. The Morgan fingerprint density at radius 2 is 2.28 bits per heavy atom. The summed E-state index contributed by atoms with van der Waals surface area (Å²) in [6, 6.07) is 3.50. The van der Waals surface area contributed by atoms with E-state index in [0.29, 0.717) is 13.0 Å². The van der Waals surface area contributed by atoms with Crippen molar-refractivity contribution in [3.05, 3.63) is 28.3 Å². The summed E-state index contributed by atoms with van der Waals surface area (Å²) in [5.41, 5.74) is -0.0760. The molecule has 7 heteroatoms. The highest BCUT2D eigenvalue weighted by atomic mass is 16.6. The number of anilines is 1. The van der Waals surface area contributed by atoms with E-state index in [9.17, 15) is 20.0 Å². The van der Waals surface area contributed by atoms with Crippen molar-refractivity contribution in [1.82, 2.24) is 0 Å². The molecule has 1 aromatic carbocycles. The first-order chi connectivity index (χ1) is 8.54. The molecule has 0 aliphatic heterocycles. The number of nitrogens with one attached hydrogen (secondary N) is 1. The summed E-state index contributed by atoms with van der Waals surface area (Å²) in [6.45, 7) is 0.472. The van der Waals surface area contributed by atoms with E-state index in [-0.39, 0.29) is 29.5 Å². The van der Waals surface area contributed by atoms with Gasteiger partial charge in [-0.1, -0.05) is 0 Å². The first-order valence-electron chi connectivity index (χ1n) is 5.30. The summed E-state index contributed by atoms with van der Waals surface area (Å²) < 4.78 is 4.80. The molecule has 0 saturated carbocycles. The third-order valence-corrected chi connectivity index (χ3v) is 2.22. The Balaban J connectivity index is 2.62. The van der Waals surface area contributed by atoms with Crippen molar-refractivity contribution < 1.29 is 19.6 Å². The number of phenolic OH excluding ortho intramolecular Hbond substituents is 1. The number of aromatic hydroxyl groups is 1. The Morgan fingerprint density at radius 3 is 2.83 bits per heavy atom. The van der Waals surface area contributed by atoms with Gasteiger partial charge in [0, 0.05) is 26.2 Å². The van der Waals surface area contributed by atoms with Crippen LogP contribution in [0.25, 0.3) is 0 Å². The number of nitrogens with zero attached hydrogens (tertiary/aromatic N) is 1. The molecule has 0 aliphatic rings. The number of hydrogen-bond donors (Lipinski definition) is 2. The minimum absolute atomic E-state index is 0.156. The van der Waals surface area contributed by atoms with Crippen LogP contribution < -0.4 is 5.32 Å². The number of ether oxygens (including phenoxy) is 1. The van der Waals surface area contributed by atoms with Gasteiger partial charge in [0.2, 0.25) is 5.91 Å². The molecule has 0 aliphatic carbocycles. The largest absolute Gasteiger partial charge is 0.506 e. The lowest BCUT2D eigenvalue weighted by atomic mass is 10.2. The number of nitro benzene ring substituents is 1. The lowest BCUT2D eigenvalue weighted by Crippen LogP contribution is -2.12. The first-order valence-corrected chi connectivity index (χ1v) is 5.30. The van der Waals surface area contributed by atoms with Gasteiger partial charge in [0.15, 0.2) is 0 Å². The zero-order valence-electron chi connectivity index (χ0n) is 9.88. The number of carbonyl (C=O) groups excluding carboxylic acids is 1. The number of rotatable bonds is 6. The van der Waals surface area contributed by atoms with Crippen LogP contribution in [0.15, 0.2) is 18.2 Å². The topological polar surface area (TPSA) is 102 Å². The van der Waals surface area contributed by atoms with E-state index >= 15 is 0 Å². The normalized spacial score (nSPS) is 10.1. The van der Waals surface area contributed by atoms with Crippen LogP contribution in [-0.4, -0.2) is 29.7 Å². The van der Waals surface area contributed by atoms with E-state index in [1.807, 2.05) is 0 Å². The monoisotopic (exact) mass is 254 g/mol. The molecule has 0 saturated heterocycles. The van der Waals surface area contributed by atoms with Gasteiger partial charge >= 0.3 is 0 Å². The molecule has 0 fully saturated rings. The number of phenols is 1. The summed E-state index contributed by atoms with van der Waals surface area (Å²) in [6.07, 6.45) is 0.820.